The number of nitrogens with zero attached hydrogens (tertiary/aromatic N) is 1. The molecule has 0 aliphatic carbocycles. The highest BCUT2D eigenvalue weighted by Crippen LogP contribution is 2.37. The first kappa shape index (κ1) is 22.0. The summed E-state index contributed by atoms with van der Waals surface area (Å²) in [6.45, 7) is 4.06. The van der Waals surface area contributed by atoms with Gasteiger partial charge in [0.15, 0.2) is 0 Å². The van der Waals surface area contributed by atoms with Gasteiger partial charge in [0, 0.05) is 23.7 Å². The van der Waals surface area contributed by atoms with E-state index in [1.165, 1.54) is 0 Å². The van der Waals surface area contributed by atoms with Gasteiger partial charge in [-0.15, -0.1) is 0 Å². The molecule has 0 saturated carbocycles. The second kappa shape index (κ2) is 10.4. The number of carbonyl (C=O) groups excluding carboxylic acids is 1. The summed E-state index contributed by atoms with van der Waals surface area (Å²) in [6, 6.07) is 23.5. The summed E-state index contributed by atoms with van der Waals surface area (Å²) in [4.78, 5) is 15.1. The van der Waals surface area contributed by atoms with Crippen molar-refractivity contribution in [2.45, 2.75) is 32.5 Å². The highest BCUT2D eigenvalue weighted by molar-refractivity contribution is 6.31. The third-order valence-electron chi connectivity index (χ3n) is 5.47. The second-order valence-corrected chi connectivity index (χ2v) is 8.15. The molecule has 0 spiro atoms. The number of carbonyl (C=O) groups is 1. The number of anilines is 1. The van der Waals surface area contributed by atoms with Crippen LogP contribution in [0.3, 0.4) is 0 Å². The van der Waals surface area contributed by atoms with Gasteiger partial charge in [0.2, 0.25) is 5.91 Å². The molecule has 0 radical (unpaired) electrons. The summed E-state index contributed by atoms with van der Waals surface area (Å²) in [5.41, 5.74) is 3.03. The van der Waals surface area contributed by atoms with Crippen LogP contribution in [0.15, 0.2) is 72.8 Å². The van der Waals surface area contributed by atoms with E-state index in [2.05, 4.69) is 22.3 Å². The van der Waals surface area contributed by atoms with Crippen molar-refractivity contribution < 1.29 is 14.3 Å². The largest absolute Gasteiger partial charge is 0.494 e. The molecule has 6 heteroatoms. The van der Waals surface area contributed by atoms with Crippen molar-refractivity contribution in [3.05, 3.63) is 88.9 Å². The fourth-order valence-corrected chi connectivity index (χ4v) is 4.07. The molecule has 1 amide bonds. The number of hydrogen-bond acceptors (Lipinski definition) is 4. The van der Waals surface area contributed by atoms with Crippen molar-refractivity contribution in [2.75, 3.05) is 18.1 Å². The van der Waals surface area contributed by atoms with Crippen LogP contribution in [0.4, 0.5) is 5.69 Å². The summed E-state index contributed by atoms with van der Waals surface area (Å²) in [5, 5.41) is 3.68. The smallest absolute Gasteiger partial charge is 0.222 e. The van der Waals surface area contributed by atoms with Crippen LogP contribution >= 0.6 is 11.6 Å². The van der Waals surface area contributed by atoms with Gasteiger partial charge in [0.25, 0.3) is 0 Å². The Morgan fingerprint density at radius 2 is 1.91 bits per heavy atom. The lowest BCUT2D eigenvalue weighted by Crippen LogP contribution is -2.45. The van der Waals surface area contributed by atoms with E-state index in [9.17, 15) is 4.79 Å². The molecule has 1 heterocycles. The molecule has 3 aromatic carbocycles. The summed E-state index contributed by atoms with van der Waals surface area (Å²) in [6.07, 6.45) is 0.315. The summed E-state index contributed by atoms with van der Waals surface area (Å²) in [5.74, 6) is 1.55. The van der Waals surface area contributed by atoms with Crippen molar-refractivity contribution in [3.63, 3.8) is 0 Å². The zero-order chi connectivity index (χ0) is 22.3. The maximum atomic E-state index is 12.9. The lowest BCUT2D eigenvalue weighted by Gasteiger charge is -2.38. The Hall–Kier alpha value is -3.18. The topological polar surface area (TPSA) is 50.8 Å². The van der Waals surface area contributed by atoms with Crippen LogP contribution in [0.2, 0.25) is 5.02 Å². The van der Waals surface area contributed by atoms with Crippen LogP contribution in [0.25, 0.3) is 0 Å². The highest BCUT2D eigenvalue weighted by Gasteiger charge is 2.29. The molecule has 0 aromatic heterocycles. The molecule has 5 nitrogen and oxygen atoms in total. The first-order valence-electron chi connectivity index (χ1n) is 10.8. The molecule has 0 fully saturated rings. The fourth-order valence-electron chi connectivity index (χ4n) is 3.90. The Morgan fingerprint density at radius 1 is 1.12 bits per heavy atom. The number of hydrogen-bond donors (Lipinski definition) is 1. The maximum absolute atomic E-state index is 12.9. The van der Waals surface area contributed by atoms with Gasteiger partial charge in [-0.25, -0.2) is 0 Å². The van der Waals surface area contributed by atoms with Crippen LogP contribution in [-0.4, -0.2) is 25.2 Å². The Morgan fingerprint density at radius 3 is 2.72 bits per heavy atom. The highest BCUT2D eigenvalue weighted by atomic mass is 35.5. The van der Waals surface area contributed by atoms with E-state index in [4.69, 9.17) is 21.1 Å². The molecular formula is C26H27ClN2O3. The summed E-state index contributed by atoms with van der Waals surface area (Å²) in [7, 11) is 0. The van der Waals surface area contributed by atoms with Crippen LogP contribution in [0.5, 0.6) is 11.5 Å². The monoisotopic (exact) mass is 450 g/mol. The number of amides is 1. The fraction of sp³-hybridized carbons (Fsp3) is 0.269. The standard InChI is InChI=1S/C26H27ClN2O3/c1-2-31-24-11-7-6-10-20(24)16-28-26(30)15-22-18-32-25-13-12-21(27)14-23(25)29(22)17-19-8-4-3-5-9-19/h3-14,22H,2,15-18H2,1H3,(H,28,30)/t22-/m0/s1. The van der Waals surface area contributed by atoms with E-state index in [0.717, 1.165) is 28.3 Å². The Kier molecular flexibility index (Phi) is 7.17. The number of ether oxygens (including phenoxy) is 2. The molecule has 1 atom stereocenters. The molecule has 32 heavy (non-hydrogen) atoms. The summed E-state index contributed by atoms with van der Waals surface area (Å²) >= 11 is 6.28. The van der Waals surface area contributed by atoms with Crippen LogP contribution in [0.1, 0.15) is 24.5 Å². The number of rotatable bonds is 8. The van der Waals surface area contributed by atoms with Gasteiger partial charge >= 0.3 is 0 Å². The molecule has 0 saturated heterocycles. The van der Waals surface area contributed by atoms with E-state index in [1.54, 1.807) is 0 Å². The predicted octanol–water partition coefficient (Wildman–Crippen LogP) is 5.21. The van der Waals surface area contributed by atoms with Gasteiger partial charge in [0.05, 0.1) is 24.8 Å². The van der Waals surface area contributed by atoms with E-state index >= 15 is 0 Å². The van der Waals surface area contributed by atoms with Gasteiger partial charge < -0.3 is 19.7 Å². The number of para-hydroxylation sites is 1. The lowest BCUT2D eigenvalue weighted by molar-refractivity contribution is -0.121. The molecule has 1 N–H and O–H groups in total. The first-order valence-corrected chi connectivity index (χ1v) is 11.2. The van der Waals surface area contributed by atoms with Gasteiger partial charge in [0.1, 0.15) is 18.1 Å². The van der Waals surface area contributed by atoms with Gasteiger partial charge in [-0.1, -0.05) is 60.1 Å². The minimum Gasteiger partial charge on any atom is -0.494 e. The average molecular weight is 451 g/mol. The Bertz CT molecular complexity index is 1060. The molecule has 4 rings (SSSR count). The molecule has 0 unspecified atom stereocenters. The van der Waals surface area contributed by atoms with Crippen molar-refractivity contribution in [2.24, 2.45) is 0 Å². The van der Waals surface area contributed by atoms with Gasteiger partial charge in [-0.2, -0.15) is 0 Å². The predicted molar refractivity (Wildman–Crippen MR) is 127 cm³/mol. The molecule has 1 aliphatic rings. The number of halogens is 1. The van der Waals surface area contributed by atoms with Crippen molar-refractivity contribution in [1.82, 2.24) is 5.32 Å². The number of nitrogens with one attached hydrogen (secondary N) is 1. The van der Waals surface area contributed by atoms with E-state index in [0.29, 0.717) is 37.7 Å². The van der Waals surface area contributed by atoms with E-state index in [1.807, 2.05) is 67.6 Å². The second-order valence-electron chi connectivity index (χ2n) is 7.71. The van der Waals surface area contributed by atoms with Crippen LogP contribution < -0.4 is 19.7 Å². The maximum Gasteiger partial charge on any atom is 0.222 e. The van der Waals surface area contributed by atoms with Gasteiger partial charge in [-0.05, 0) is 36.8 Å². The minimum absolute atomic E-state index is 0.0339. The lowest BCUT2D eigenvalue weighted by atomic mass is 10.1. The van der Waals surface area contributed by atoms with Crippen LogP contribution in [-0.2, 0) is 17.9 Å². The third-order valence-corrected chi connectivity index (χ3v) is 5.70. The number of benzene rings is 3. The van der Waals surface area contributed by atoms with E-state index in [-0.39, 0.29) is 11.9 Å². The third kappa shape index (κ3) is 5.35. The molecule has 166 valence electrons. The van der Waals surface area contributed by atoms with Gasteiger partial charge in [-0.3, -0.25) is 4.79 Å². The molecule has 0 bridgehead atoms. The zero-order valence-electron chi connectivity index (χ0n) is 18.1. The zero-order valence-corrected chi connectivity index (χ0v) is 18.8. The molecule has 3 aromatic rings. The average Bonchev–Trinajstić information content (AvgIpc) is 2.81. The summed E-state index contributed by atoms with van der Waals surface area (Å²) < 4.78 is 11.6. The molecular weight excluding hydrogens is 424 g/mol. The van der Waals surface area contributed by atoms with Crippen LogP contribution in [0, 0.1) is 0 Å². The Balaban J connectivity index is 1.48. The minimum atomic E-state index is -0.108. The van der Waals surface area contributed by atoms with Crippen molar-refractivity contribution in [3.8, 4) is 11.5 Å². The van der Waals surface area contributed by atoms with Crippen molar-refractivity contribution >= 4 is 23.2 Å². The SMILES string of the molecule is CCOc1ccccc1CNC(=O)C[C@H]1COc2ccc(Cl)cc2N1Cc1ccccc1. The number of fused-ring (bicyclic) bond motifs is 1. The Labute approximate surface area is 193 Å². The molecule has 1 aliphatic heterocycles. The quantitative estimate of drug-likeness (QED) is 0.511. The first-order chi connectivity index (χ1) is 15.6. The van der Waals surface area contributed by atoms with Crippen molar-refractivity contribution in [1.29, 1.82) is 0 Å². The normalized spacial score (nSPS) is 14.9. The van der Waals surface area contributed by atoms with E-state index < -0.39 is 0 Å².